The number of thiazole rings is 1. The molecular formula is C15H20FN3OS. The summed E-state index contributed by atoms with van der Waals surface area (Å²) in [6, 6.07) is 4.49. The van der Waals surface area contributed by atoms with E-state index in [2.05, 4.69) is 23.7 Å². The van der Waals surface area contributed by atoms with Crippen molar-refractivity contribution in [2.24, 2.45) is 0 Å². The van der Waals surface area contributed by atoms with Crippen LogP contribution in [0.3, 0.4) is 0 Å². The summed E-state index contributed by atoms with van der Waals surface area (Å²) in [6.07, 6.45) is 0. The fourth-order valence-electron chi connectivity index (χ4n) is 2.17. The van der Waals surface area contributed by atoms with E-state index in [1.165, 1.54) is 30.4 Å². The van der Waals surface area contributed by atoms with E-state index in [1.54, 1.807) is 11.0 Å². The molecule has 21 heavy (non-hydrogen) atoms. The zero-order chi connectivity index (χ0) is 15.4. The quantitative estimate of drug-likeness (QED) is 0.822. The van der Waals surface area contributed by atoms with E-state index in [-0.39, 0.29) is 11.7 Å². The molecular weight excluding hydrogens is 289 g/mol. The van der Waals surface area contributed by atoms with Gasteiger partial charge >= 0.3 is 0 Å². The average molecular weight is 309 g/mol. The minimum Gasteiger partial charge on any atom is -0.302 e. The zero-order valence-corrected chi connectivity index (χ0v) is 13.4. The maximum absolute atomic E-state index is 13.2. The Morgan fingerprint density at radius 3 is 2.62 bits per heavy atom. The lowest BCUT2D eigenvalue weighted by atomic mass is 10.3. The van der Waals surface area contributed by atoms with E-state index >= 15 is 0 Å². The predicted octanol–water partition coefficient (Wildman–Crippen LogP) is 3.13. The largest absolute Gasteiger partial charge is 0.302 e. The number of aromatic nitrogens is 1. The second-order valence-electron chi connectivity index (χ2n) is 4.81. The van der Waals surface area contributed by atoms with Crippen LogP contribution < -0.4 is 4.90 Å². The third-order valence-corrected chi connectivity index (χ3v) is 4.53. The van der Waals surface area contributed by atoms with Crippen LogP contribution in [-0.2, 0) is 4.79 Å². The number of amides is 1. The molecule has 1 aromatic carbocycles. The van der Waals surface area contributed by atoms with Crippen LogP contribution in [0.2, 0.25) is 0 Å². The van der Waals surface area contributed by atoms with Gasteiger partial charge in [-0.25, -0.2) is 9.37 Å². The number of hydrogen-bond acceptors (Lipinski definition) is 4. The Morgan fingerprint density at radius 1 is 1.29 bits per heavy atom. The van der Waals surface area contributed by atoms with E-state index in [4.69, 9.17) is 0 Å². The molecule has 0 spiro atoms. The highest BCUT2D eigenvalue weighted by Gasteiger charge is 2.17. The molecule has 0 radical (unpaired) electrons. The highest BCUT2D eigenvalue weighted by Crippen LogP contribution is 2.29. The number of likely N-dealkylation sites (N-methyl/N-ethyl adjacent to an activating group) is 1. The van der Waals surface area contributed by atoms with Gasteiger partial charge in [-0.05, 0) is 31.3 Å². The molecule has 1 aromatic heterocycles. The summed E-state index contributed by atoms with van der Waals surface area (Å²) in [6.45, 7) is 9.04. The van der Waals surface area contributed by atoms with Crippen molar-refractivity contribution in [1.29, 1.82) is 0 Å². The van der Waals surface area contributed by atoms with Gasteiger partial charge in [-0.3, -0.25) is 9.69 Å². The van der Waals surface area contributed by atoms with Gasteiger partial charge in [0.2, 0.25) is 5.91 Å². The Balaban J connectivity index is 2.21. The molecule has 0 saturated carbocycles. The Morgan fingerprint density at radius 2 is 2.00 bits per heavy atom. The fourth-order valence-corrected chi connectivity index (χ4v) is 3.23. The number of carbonyl (C=O) groups excluding carboxylic acids is 1. The maximum atomic E-state index is 13.2. The van der Waals surface area contributed by atoms with E-state index in [9.17, 15) is 9.18 Å². The molecule has 0 aliphatic heterocycles. The zero-order valence-electron chi connectivity index (χ0n) is 12.6. The number of anilines is 1. The van der Waals surface area contributed by atoms with Gasteiger partial charge in [0, 0.05) is 20.0 Å². The molecule has 0 aliphatic carbocycles. The fraction of sp³-hybridized carbons (Fsp3) is 0.467. The van der Waals surface area contributed by atoms with Crippen LogP contribution in [0.1, 0.15) is 20.8 Å². The molecule has 0 N–H and O–H groups in total. The van der Waals surface area contributed by atoms with E-state index < -0.39 is 0 Å². The van der Waals surface area contributed by atoms with Gasteiger partial charge in [-0.15, -0.1) is 0 Å². The van der Waals surface area contributed by atoms with Gasteiger partial charge in [0.05, 0.1) is 10.2 Å². The lowest BCUT2D eigenvalue weighted by molar-refractivity contribution is -0.116. The van der Waals surface area contributed by atoms with Gasteiger partial charge in [0.25, 0.3) is 0 Å². The van der Waals surface area contributed by atoms with Crippen molar-refractivity contribution in [2.75, 3.05) is 31.1 Å². The summed E-state index contributed by atoms with van der Waals surface area (Å²) in [5.74, 6) is -0.322. The number of hydrogen-bond donors (Lipinski definition) is 0. The van der Waals surface area contributed by atoms with Gasteiger partial charge < -0.3 is 4.90 Å². The lowest BCUT2D eigenvalue weighted by Gasteiger charge is -2.23. The minimum absolute atomic E-state index is 0.0401. The van der Waals surface area contributed by atoms with Crippen LogP contribution in [0.15, 0.2) is 18.2 Å². The first-order chi connectivity index (χ1) is 10.0. The van der Waals surface area contributed by atoms with Crippen molar-refractivity contribution >= 4 is 32.6 Å². The van der Waals surface area contributed by atoms with Crippen LogP contribution in [0, 0.1) is 5.82 Å². The first-order valence-electron chi connectivity index (χ1n) is 7.11. The summed E-state index contributed by atoms with van der Waals surface area (Å²) >= 11 is 1.35. The van der Waals surface area contributed by atoms with Crippen LogP contribution in [0.25, 0.3) is 10.2 Å². The van der Waals surface area contributed by atoms with E-state index in [1.807, 2.05) is 0 Å². The first-order valence-corrected chi connectivity index (χ1v) is 7.93. The van der Waals surface area contributed by atoms with Crippen LogP contribution in [0.5, 0.6) is 0 Å². The highest BCUT2D eigenvalue weighted by molar-refractivity contribution is 7.22. The number of nitrogens with zero attached hydrogens (tertiary/aromatic N) is 3. The van der Waals surface area contributed by atoms with Crippen LogP contribution in [-0.4, -0.2) is 42.0 Å². The van der Waals surface area contributed by atoms with Crippen molar-refractivity contribution < 1.29 is 9.18 Å². The smallest absolute Gasteiger partial charge is 0.225 e. The Bertz CT molecular complexity index is 624. The minimum atomic E-state index is -0.282. The topological polar surface area (TPSA) is 36.4 Å². The molecule has 4 nitrogen and oxygen atoms in total. The molecule has 1 heterocycles. The summed E-state index contributed by atoms with van der Waals surface area (Å²) in [5, 5.41) is 0.634. The van der Waals surface area contributed by atoms with Gasteiger partial charge in [0.1, 0.15) is 5.82 Å². The Kier molecular flexibility index (Phi) is 5.25. The molecule has 2 aromatic rings. The summed E-state index contributed by atoms with van der Waals surface area (Å²) < 4.78 is 14.0. The van der Waals surface area contributed by atoms with Gasteiger partial charge in [0.15, 0.2) is 5.13 Å². The Labute approximate surface area is 128 Å². The van der Waals surface area contributed by atoms with Gasteiger partial charge in [-0.2, -0.15) is 0 Å². The number of benzene rings is 1. The SMILES string of the molecule is CCN(CC)CCN(C(C)=O)c1nc2ccc(F)cc2s1. The second kappa shape index (κ2) is 6.95. The molecule has 0 bridgehead atoms. The predicted molar refractivity (Wildman–Crippen MR) is 85.4 cm³/mol. The van der Waals surface area contributed by atoms with Crippen molar-refractivity contribution in [3.05, 3.63) is 24.0 Å². The second-order valence-corrected chi connectivity index (χ2v) is 5.82. The molecule has 2 rings (SSSR count). The lowest BCUT2D eigenvalue weighted by Crippen LogP contribution is -2.37. The Hall–Kier alpha value is -1.53. The molecule has 0 fully saturated rings. The van der Waals surface area contributed by atoms with Crippen molar-refractivity contribution in [3.8, 4) is 0 Å². The van der Waals surface area contributed by atoms with Crippen molar-refractivity contribution in [3.63, 3.8) is 0 Å². The summed E-state index contributed by atoms with van der Waals surface area (Å²) in [4.78, 5) is 20.2. The number of rotatable bonds is 6. The number of fused-ring (bicyclic) bond motifs is 1. The maximum Gasteiger partial charge on any atom is 0.225 e. The third-order valence-electron chi connectivity index (χ3n) is 3.48. The molecule has 1 amide bonds. The molecule has 0 atom stereocenters. The normalized spacial score (nSPS) is 11.3. The van der Waals surface area contributed by atoms with Crippen molar-refractivity contribution in [1.82, 2.24) is 9.88 Å². The average Bonchev–Trinajstić information content (AvgIpc) is 2.85. The molecule has 0 saturated heterocycles. The van der Waals surface area contributed by atoms with Gasteiger partial charge in [-0.1, -0.05) is 25.2 Å². The number of halogens is 1. The van der Waals surface area contributed by atoms with Crippen LogP contribution >= 0.6 is 11.3 Å². The molecule has 0 unspecified atom stereocenters. The standard InChI is InChI=1S/C15H20FN3OS/c1-4-18(5-2)8-9-19(11(3)20)15-17-13-7-6-12(16)10-14(13)21-15/h6-7,10H,4-5,8-9H2,1-3H3. The molecule has 0 aliphatic rings. The van der Waals surface area contributed by atoms with E-state index in [0.29, 0.717) is 11.7 Å². The molecule has 114 valence electrons. The highest BCUT2D eigenvalue weighted by atomic mass is 32.1. The summed E-state index contributed by atoms with van der Waals surface area (Å²) in [7, 11) is 0. The first kappa shape index (κ1) is 15.9. The number of carbonyl (C=O) groups is 1. The monoisotopic (exact) mass is 309 g/mol. The molecule has 6 heteroatoms. The van der Waals surface area contributed by atoms with Crippen LogP contribution in [0.4, 0.5) is 9.52 Å². The van der Waals surface area contributed by atoms with E-state index in [0.717, 1.165) is 29.9 Å². The third kappa shape index (κ3) is 3.77. The van der Waals surface area contributed by atoms with Crippen molar-refractivity contribution in [2.45, 2.75) is 20.8 Å². The summed E-state index contributed by atoms with van der Waals surface area (Å²) in [5.41, 5.74) is 0.727.